The van der Waals surface area contributed by atoms with Crippen LogP contribution in [0.15, 0.2) is 12.3 Å². The second-order valence-electron chi connectivity index (χ2n) is 8.13. The van der Waals surface area contributed by atoms with Gasteiger partial charge in [0.25, 0.3) is 5.91 Å². The highest BCUT2D eigenvalue weighted by atomic mass is 19.1. The standard InChI is InChI=1S/C22H23F2N5O4/c1-29-21(13(8-25-29)26-22(30)16-9-33-16)20-11-5-4-10(6-12(11)27-28-20)17-18(23)14(31-2)7-15(32-3)19(17)24/h7-8,10,16H,4-6,9H2,1-3H3,(H,26,30)(H,27,28). The number of amides is 1. The van der Waals surface area contributed by atoms with Crippen molar-refractivity contribution in [2.45, 2.75) is 31.3 Å². The molecule has 1 aliphatic carbocycles. The van der Waals surface area contributed by atoms with Crippen LogP contribution in [-0.2, 0) is 29.4 Å². The summed E-state index contributed by atoms with van der Waals surface area (Å²) >= 11 is 0. The van der Waals surface area contributed by atoms with Crippen molar-refractivity contribution in [3.05, 3.63) is 40.7 Å². The molecular formula is C22H23F2N5O4. The summed E-state index contributed by atoms with van der Waals surface area (Å²) in [7, 11) is 4.43. The predicted octanol–water partition coefficient (Wildman–Crippen LogP) is 2.72. The van der Waals surface area contributed by atoms with Crippen molar-refractivity contribution in [3.63, 3.8) is 0 Å². The number of halogens is 2. The lowest BCUT2D eigenvalue weighted by molar-refractivity contribution is -0.117. The van der Waals surface area contributed by atoms with Gasteiger partial charge in [-0.1, -0.05) is 0 Å². The number of hydrogen-bond donors (Lipinski definition) is 2. The fraction of sp³-hybridized carbons (Fsp3) is 0.409. The third-order valence-electron chi connectivity index (χ3n) is 6.21. The van der Waals surface area contributed by atoms with Gasteiger partial charge >= 0.3 is 0 Å². The van der Waals surface area contributed by atoms with Gasteiger partial charge in [-0.15, -0.1) is 0 Å². The second kappa shape index (κ2) is 8.14. The quantitative estimate of drug-likeness (QED) is 0.549. The summed E-state index contributed by atoms with van der Waals surface area (Å²) in [5.74, 6) is -2.21. The maximum absolute atomic E-state index is 15.0. The summed E-state index contributed by atoms with van der Waals surface area (Å²) in [6.45, 7) is 0.406. The van der Waals surface area contributed by atoms with Crippen molar-refractivity contribution >= 4 is 11.6 Å². The van der Waals surface area contributed by atoms with Crippen LogP contribution in [0.25, 0.3) is 11.4 Å². The van der Waals surface area contributed by atoms with E-state index < -0.39 is 23.7 Å². The first-order valence-electron chi connectivity index (χ1n) is 10.5. The Balaban J connectivity index is 1.47. The van der Waals surface area contributed by atoms with Gasteiger partial charge in [0.05, 0.1) is 32.7 Å². The number of carbonyl (C=O) groups excluding carboxylic acids is 1. The van der Waals surface area contributed by atoms with Gasteiger partial charge in [0, 0.05) is 29.9 Å². The number of rotatable bonds is 6. The number of methoxy groups -OCH3 is 2. The van der Waals surface area contributed by atoms with Crippen LogP contribution < -0.4 is 14.8 Å². The number of benzene rings is 1. The molecular weight excluding hydrogens is 436 g/mol. The van der Waals surface area contributed by atoms with E-state index >= 15 is 8.78 Å². The number of nitrogens with one attached hydrogen (secondary N) is 2. The van der Waals surface area contributed by atoms with Crippen LogP contribution in [0.4, 0.5) is 14.5 Å². The van der Waals surface area contributed by atoms with Gasteiger partial charge in [-0.2, -0.15) is 10.2 Å². The number of aromatic amines is 1. The highest BCUT2D eigenvalue weighted by Crippen LogP contribution is 2.42. The Morgan fingerprint density at radius 1 is 1.27 bits per heavy atom. The van der Waals surface area contributed by atoms with Crippen LogP contribution in [-0.4, -0.2) is 52.8 Å². The Hall–Kier alpha value is -3.47. The van der Waals surface area contributed by atoms with Crippen molar-refractivity contribution in [1.29, 1.82) is 0 Å². The third-order valence-corrected chi connectivity index (χ3v) is 6.21. The van der Waals surface area contributed by atoms with E-state index in [0.717, 1.165) is 11.3 Å². The number of carbonyl (C=O) groups is 1. The smallest absolute Gasteiger partial charge is 0.256 e. The molecule has 11 heteroatoms. The highest BCUT2D eigenvalue weighted by molar-refractivity contribution is 5.98. The predicted molar refractivity (Wildman–Crippen MR) is 113 cm³/mol. The summed E-state index contributed by atoms with van der Waals surface area (Å²) < 4.78 is 46.9. The lowest BCUT2D eigenvalue weighted by Crippen LogP contribution is -2.18. The highest BCUT2D eigenvalue weighted by Gasteiger charge is 2.34. The normalized spacial score (nSPS) is 19.2. The Labute approximate surface area is 188 Å². The number of hydrogen-bond acceptors (Lipinski definition) is 6. The summed E-state index contributed by atoms with van der Waals surface area (Å²) in [4.78, 5) is 12.2. The number of H-pyrrole nitrogens is 1. The summed E-state index contributed by atoms with van der Waals surface area (Å²) in [5.41, 5.74) is 3.50. The van der Waals surface area contributed by atoms with Crippen LogP contribution in [0, 0.1) is 11.6 Å². The van der Waals surface area contributed by atoms with Crippen molar-refractivity contribution in [2.24, 2.45) is 7.05 Å². The van der Waals surface area contributed by atoms with E-state index in [-0.39, 0.29) is 23.0 Å². The maximum atomic E-state index is 15.0. The zero-order chi connectivity index (χ0) is 23.3. The minimum absolute atomic E-state index is 0.0501. The molecule has 1 amide bonds. The molecule has 0 saturated carbocycles. The first-order valence-corrected chi connectivity index (χ1v) is 10.5. The van der Waals surface area contributed by atoms with Crippen LogP contribution in [0.2, 0.25) is 0 Å². The molecule has 174 valence electrons. The van der Waals surface area contributed by atoms with E-state index in [1.165, 1.54) is 20.3 Å². The summed E-state index contributed by atoms with van der Waals surface area (Å²) in [6.07, 6.45) is 2.53. The first kappa shape index (κ1) is 21.4. The molecule has 5 rings (SSSR count). The molecule has 9 nitrogen and oxygen atoms in total. The van der Waals surface area contributed by atoms with E-state index in [1.54, 1.807) is 17.9 Å². The average Bonchev–Trinajstić information content (AvgIpc) is 3.50. The summed E-state index contributed by atoms with van der Waals surface area (Å²) in [6, 6.07) is 1.21. The number of anilines is 1. The van der Waals surface area contributed by atoms with Gasteiger partial charge in [-0.05, 0) is 25.2 Å². The SMILES string of the molecule is COc1cc(OC)c(F)c(C2CCc3c(-c4c(NC(=O)C5CO5)cnn4C)n[nH]c3C2)c1F. The number of fused-ring (bicyclic) bond motifs is 1. The topological polar surface area (TPSA) is 107 Å². The summed E-state index contributed by atoms with van der Waals surface area (Å²) in [5, 5.41) is 14.6. The third kappa shape index (κ3) is 3.62. The molecule has 0 spiro atoms. The first-order chi connectivity index (χ1) is 15.9. The number of aromatic nitrogens is 4. The average molecular weight is 459 g/mol. The Kier molecular flexibility index (Phi) is 5.28. The van der Waals surface area contributed by atoms with E-state index in [9.17, 15) is 4.79 Å². The fourth-order valence-electron chi connectivity index (χ4n) is 4.43. The lowest BCUT2D eigenvalue weighted by atomic mass is 9.81. The van der Waals surface area contributed by atoms with Gasteiger partial charge in [0.1, 0.15) is 11.4 Å². The van der Waals surface area contributed by atoms with E-state index in [0.29, 0.717) is 42.9 Å². The molecule has 33 heavy (non-hydrogen) atoms. The van der Waals surface area contributed by atoms with Crippen molar-refractivity contribution in [3.8, 4) is 22.9 Å². The van der Waals surface area contributed by atoms with E-state index in [4.69, 9.17) is 14.2 Å². The molecule has 1 aliphatic heterocycles. The van der Waals surface area contributed by atoms with E-state index in [2.05, 4.69) is 20.6 Å². The zero-order valence-corrected chi connectivity index (χ0v) is 18.4. The molecule has 2 atom stereocenters. The molecule has 1 aromatic carbocycles. The van der Waals surface area contributed by atoms with Crippen LogP contribution >= 0.6 is 0 Å². The molecule has 1 fully saturated rings. The molecule has 0 radical (unpaired) electrons. The Bertz CT molecular complexity index is 1210. The Morgan fingerprint density at radius 2 is 1.97 bits per heavy atom. The van der Waals surface area contributed by atoms with Crippen molar-refractivity contribution in [2.75, 3.05) is 26.1 Å². The maximum Gasteiger partial charge on any atom is 0.256 e. The van der Waals surface area contributed by atoms with Gasteiger partial charge in [-0.25, -0.2) is 8.78 Å². The Morgan fingerprint density at radius 3 is 2.61 bits per heavy atom. The van der Waals surface area contributed by atoms with Gasteiger partial charge in [0.15, 0.2) is 29.2 Å². The molecule has 3 heterocycles. The minimum atomic E-state index is -0.720. The number of nitrogens with zero attached hydrogens (tertiary/aromatic N) is 3. The fourth-order valence-corrected chi connectivity index (χ4v) is 4.43. The molecule has 0 bridgehead atoms. The minimum Gasteiger partial charge on any atom is -0.494 e. The molecule has 2 N–H and O–H groups in total. The van der Waals surface area contributed by atoms with Crippen molar-refractivity contribution < 1.29 is 27.8 Å². The monoisotopic (exact) mass is 459 g/mol. The lowest BCUT2D eigenvalue weighted by Gasteiger charge is -2.25. The van der Waals surface area contributed by atoms with Crippen molar-refractivity contribution in [1.82, 2.24) is 20.0 Å². The van der Waals surface area contributed by atoms with Crippen LogP contribution in [0.1, 0.15) is 29.2 Å². The van der Waals surface area contributed by atoms with Gasteiger partial charge < -0.3 is 19.5 Å². The zero-order valence-electron chi connectivity index (χ0n) is 18.4. The van der Waals surface area contributed by atoms with Crippen LogP contribution in [0.3, 0.4) is 0 Å². The van der Waals surface area contributed by atoms with E-state index in [1.807, 2.05) is 0 Å². The number of epoxide rings is 1. The molecule has 2 aromatic heterocycles. The van der Waals surface area contributed by atoms with Gasteiger partial charge in [-0.3, -0.25) is 14.6 Å². The van der Waals surface area contributed by atoms with Crippen LogP contribution in [0.5, 0.6) is 11.5 Å². The van der Waals surface area contributed by atoms with Gasteiger partial charge in [0.2, 0.25) is 0 Å². The second-order valence-corrected chi connectivity index (χ2v) is 8.13. The largest absolute Gasteiger partial charge is 0.494 e. The molecule has 1 saturated heterocycles. The number of ether oxygens (including phenoxy) is 3. The molecule has 2 aliphatic rings. The number of aryl methyl sites for hydroxylation is 1. The molecule has 2 unspecified atom stereocenters. The molecule has 3 aromatic rings.